The number of aromatic amines is 1. The maximum atomic E-state index is 9.41. The van der Waals surface area contributed by atoms with Crippen LogP contribution in [-0.2, 0) is 6.54 Å². The summed E-state index contributed by atoms with van der Waals surface area (Å²) in [6, 6.07) is 8.32. The summed E-state index contributed by atoms with van der Waals surface area (Å²) >= 11 is 6.46. The Kier molecular flexibility index (Phi) is 3.98. The zero-order valence-electron chi connectivity index (χ0n) is 11.6. The Labute approximate surface area is 123 Å². The Morgan fingerprint density at radius 1 is 1.35 bits per heavy atom. The highest BCUT2D eigenvalue weighted by molar-refractivity contribution is 6.36. The summed E-state index contributed by atoms with van der Waals surface area (Å²) in [5.41, 5.74) is 2.15. The highest BCUT2D eigenvalue weighted by Gasteiger charge is 2.24. The lowest BCUT2D eigenvalue weighted by Gasteiger charge is -2.38. The summed E-state index contributed by atoms with van der Waals surface area (Å²) in [5, 5.41) is 11.3. The molecule has 1 fully saturated rings. The van der Waals surface area contributed by atoms with Gasteiger partial charge in [0.25, 0.3) is 0 Å². The first-order chi connectivity index (χ1) is 9.69. The van der Waals surface area contributed by atoms with E-state index in [0.717, 1.165) is 47.8 Å². The summed E-state index contributed by atoms with van der Waals surface area (Å²) in [4.78, 5) is 7.96. The van der Waals surface area contributed by atoms with Crippen molar-refractivity contribution in [2.75, 3.05) is 33.3 Å². The van der Waals surface area contributed by atoms with Gasteiger partial charge in [-0.3, -0.25) is 9.80 Å². The monoisotopic (exact) mass is 293 g/mol. The lowest BCUT2D eigenvalue weighted by molar-refractivity contribution is 0.0535. The molecule has 1 aromatic carbocycles. The van der Waals surface area contributed by atoms with Gasteiger partial charge in [0.1, 0.15) is 0 Å². The van der Waals surface area contributed by atoms with Crippen molar-refractivity contribution in [3.8, 4) is 0 Å². The molecule has 0 spiro atoms. The maximum absolute atomic E-state index is 9.41. The van der Waals surface area contributed by atoms with Crippen LogP contribution in [-0.4, -0.2) is 59.2 Å². The smallest absolute Gasteiger partial charge is 0.0705 e. The average molecular weight is 294 g/mol. The third-order valence-corrected chi connectivity index (χ3v) is 4.60. The fourth-order valence-corrected chi connectivity index (χ4v) is 3.12. The van der Waals surface area contributed by atoms with Crippen LogP contribution in [0.1, 0.15) is 5.69 Å². The van der Waals surface area contributed by atoms with Gasteiger partial charge in [-0.15, -0.1) is 0 Å². The van der Waals surface area contributed by atoms with Crippen molar-refractivity contribution < 1.29 is 5.11 Å². The van der Waals surface area contributed by atoms with E-state index >= 15 is 0 Å². The summed E-state index contributed by atoms with van der Waals surface area (Å²) in [5.74, 6) is 0. The van der Waals surface area contributed by atoms with Gasteiger partial charge in [-0.25, -0.2) is 0 Å². The van der Waals surface area contributed by atoms with Crippen LogP contribution in [0.25, 0.3) is 10.9 Å². The molecule has 2 aromatic rings. The molecule has 3 rings (SSSR count). The van der Waals surface area contributed by atoms with Gasteiger partial charge < -0.3 is 10.1 Å². The highest BCUT2D eigenvalue weighted by atomic mass is 35.5. The molecule has 1 aromatic heterocycles. The molecule has 20 heavy (non-hydrogen) atoms. The van der Waals surface area contributed by atoms with Crippen LogP contribution in [0, 0.1) is 0 Å². The van der Waals surface area contributed by atoms with Gasteiger partial charge in [-0.1, -0.05) is 29.8 Å². The Morgan fingerprint density at radius 3 is 2.90 bits per heavy atom. The normalized spacial score (nSPS) is 21.6. The number of aromatic nitrogens is 1. The number of H-pyrrole nitrogens is 1. The van der Waals surface area contributed by atoms with Crippen molar-refractivity contribution in [2.24, 2.45) is 0 Å². The van der Waals surface area contributed by atoms with Gasteiger partial charge >= 0.3 is 0 Å². The van der Waals surface area contributed by atoms with Crippen LogP contribution in [0.5, 0.6) is 0 Å². The van der Waals surface area contributed by atoms with E-state index in [9.17, 15) is 5.11 Å². The fourth-order valence-electron chi connectivity index (χ4n) is 2.85. The molecule has 0 saturated carbocycles. The Bertz CT molecular complexity index is 598. The highest BCUT2D eigenvalue weighted by Crippen LogP contribution is 2.28. The molecule has 0 amide bonds. The number of piperazine rings is 1. The summed E-state index contributed by atoms with van der Waals surface area (Å²) < 4.78 is 0. The lowest BCUT2D eigenvalue weighted by Crippen LogP contribution is -2.52. The fraction of sp³-hybridized carbons (Fsp3) is 0.467. The topological polar surface area (TPSA) is 42.5 Å². The molecule has 1 saturated heterocycles. The van der Waals surface area contributed by atoms with Crippen molar-refractivity contribution in [3.05, 3.63) is 35.0 Å². The predicted octanol–water partition coefficient (Wildman–Crippen LogP) is 1.93. The molecule has 0 unspecified atom stereocenters. The third kappa shape index (κ3) is 2.56. The number of hydrogen-bond acceptors (Lipinski definition) is 3. The number of nitrogens with zero attached hydrogens (tertiary/aromatic N) is 2. The van der Waals surface area contributed by atoms with Crippen molar-refractivity contribution in [1.29, 1.82) is 0 Å². The van der Waals surface area contributed by atoms with Crippen molar-refractivity contribution in [2.45, 2.75) is 12.6 Å². The molecular formula is C15H20ClN3O. The molecule has 0 bridgehead atoms. The first kappa shape index (κ1) is 13.9. The number of halogens is 1. The number of aliphatic hydroxyl groups excluding tert-OH is 1. The van der Waals surface area contributed by atoms with E-state index in [1.807, 2.05) is 24.3 Å². The summed E-state index contributed by atoms with van der Waals surface area (Å²) in [7, 11) is 2.06. The summed E-state index contributed by atoms with van der Waals surface area (Å²) in [6.07, 6.45) is 0. The number of rotatable bonds is 3. The Balaban J connectivity index is 1.78. The number of fused-ring (bicyclic) bond motifs is 1. The van der Waals surface area contributed by atoms with Crippen LogP contribution in [0.2, 0.25) is 5.02 Å². The van der Waals surface area contributed by atoms with E-state index in [-0.39, 0.29) is 12.6 Å². The maximum Gasteiger partial charge on any atom is 0.0705 e. The second-order valence-corrected chi connectivity index (χ2v) is 5.89. The lowest BCUT2D eigenvalue weighted by atomic mass is 10.2. The van der Waals surface area contributed by atoms with Gasteiger partial charge in [-0.05, 0) is 13.1 Å². The van der Waals surface area contributed by atoms with E-state index in [0.29, 0.717) is 0 Å². The average Bonchev–Trinajstić information content (AvgIpc) is 2.78. The van der Waals surface area contributed by atoms with Gasteiger partial charge in [0.2, 0.25) is 0 Å². The SMILES string of the molecule is CN1CCN(Cc2[nH]c3ccccc3c2Cl)C[C@@H]1CO. The van der Waals surface area contributed by atoms with Crippen LogP contribution in [0.3, 0.4) is 0 Å². The molecule has 108 valence electrons. The van der Waals surface area contributed by atoms with E-state index in [4.69, 9.17) is 11.6 Å². The molecule has 1 aliphatic rings. The molecule has 2 heterocycles. The number of hydrogen-bond donors (Lipinski definition) is 2. The number of aliphatic hydroxyl groups is 1. The zero-order chi connectivity index (χ0) is 14.1. The molecule has 5 heteroatoms. The minimum atomic E-state index is 0.202. The number of para-hydroxylation sites is 1. The van der Waals surface area contributed by atoms with Crippen molar-refractivity contribution in [1.82, 2.24) is 14.8 Å². The zero-order valence-corrected chi connectivity index (χ0v) is 12.4. The summed E-state index contributed by atoms with van der Waals surface area (Å²) in [6.45, 7) is 3.85. The Hall–Kier alpha value is -1.07. The van der Waals surface area contributed by atoms with Crippen LogP contribution >= 0.6 is 11.6 Å². The van der Waals surface area contributed by atoms with Crippen molar-refractivity contribution in [3.63, 3.8) is 0 Å². The van der Waals surface area contributed by atoms with E-state index in [1.165, 1.54) is 0 Å². The largest absolute Gasteiger partial charge is 0.395 e. The second kappa shape index (κ2) is 5.74. The molecule has 1 atom stereocenters. The minimum absolute atomic E-state index is 0.202. The molecule has 0 radical (unpaired) electrons. The van der Waals surface area contributed by atoms with Crippen molar-refractivity contribution >= 4 is 22.5 Å². The molecule has 2 N–H and O–H groups in total. The first-order valence-corrected chi connectivity index (χ1v) is 7.35. The molecule has 1 aliphatic heterocycles. The predicted molar refractivity (Wildman–Crippen MR) is 82.1 cm³/mol. The third-order valence-electron chi connectivity index (χ3n) is 4.17. The van der Waals surface area contributed by atoms with Gasteiger partial charge in [0.05, 0.1) is 11.6 Å². The van der Waals surface area contributed by atoms with Gasteiger partial charge in [0.15, 0.2) is 0 Å². The van der Waals surface area contributed by atoms with Crippen LogP contribution < -0.4 is 0 Å². The Morgan fingerprint density at radius 2 is 2.15 bits per heavy atom. The minimum Gasteiger partial charge on any atom is -0.395 e. The van der Waals surface area contributed by atoms with E-state index in [2.05, 4.69) is 21.8 Å². The van der Waals surface area contributed by atoms with E-state index in [1.54, 1.807) is 0 Å². The van der Waals surface area contributed by atoms with Crippen LogP contribution in [0.15, 0.2) is 24.3 Å². The van der Waals surface area contributed by atoms with Gasteiger partial charge in [-0.2, -0.15) is 0 Å². The van der Waals surface area contributed by atoms with Gasteiger partial charge in [0, 0.05) is 48.8 Å². The molecular weight excluding hydrogens is 274 g/mol. The van der Waals surface area contributed by atoms with Crippen LogP contribution in [0.4, 0.5) is 0 Å². The van der Waals surface area contributed by atoms with E-state index < -0.39 is 0 Å². The molecule has 0 aliphatic carbocycles. The second-order valence-electron chi connectivity index (χ2n) is 5.52. The number of benzene rings is 1. The quantitative estimate of drug-likeness (QED) is 0.909. The molecule has 4 nitrogen and oxygen atoms in total. The number of nitrogens with one attached hydrogen (secondary N) is 1. The number of likely N-dealkylation sites (N-methyl/N-ethyl adjacent to an activating group) is 1. The standard InChI is InChI=1S/C15H20ClN3O/c1-18-6-7-19(8-11(18)10-20)9-14-15(16)12-4-2-3-5-13(12)17-14/h2-5,11,17,20H,6-10H2,1H3/t11-/m1/s1. The first-order valence-electron chi connectivity index (χ1n) is 6.97.